The van der Waals surface area contributed by atoms with Gasteiger partial charge in [-0.2, -0.15) is 10.4 Å². The molecule has 0 bridgehead atoms. The number of nitrogens with one attached hydrogen (secondary N) is 2. The minimum Gasteiger partial charge on any atom is -0.398 e. The number of nitriles is 1. The molecule has 0 aliphatic rings. The van der Waals surface area contributed by atoms with E-state index in [9.17, 15) is 9.90 Å². The van der Waals surface area contributed by atoms with Crippen LogP contribution in [0.25, 0.3) is 5.70 Å². The van der Waals surface area contributed by atoms with Gasteiger partial charge in [0.2, 0.25) is 0 Å². The molecule has 2 rings (SSSR count). The number of aromatic amines is 1. The molecule has 0 fully saturated rings. The monoisotopic (exact) mass is 386 g/mol. The maximum absolute atomic E-state index is 11.9. The Hall–Kier alpha value is -3.15. The van der Waals surface area contributed by atoms with Crippen LogP contribution in [0.1, 0.15) is 40.3 Å². The lowest BCUT2D eigenvalue weighted by atomic mass is 10.1. The van der Waals surface area contributed by atoms with Crippen LogP contribution >= 0.6 is 11.6 Å². The first-order valence-electron chi connectivity index (χ1n) is 8.09. The Kier molecular flexibility index (Phi) is 7.11. The van der Waals surface area contributed by atoms with E-state index >= 15 is 0 Å². The maximum Gasteiger partial charge on any atom is 0.271 e. The predicted octanol–water partition coefficient (Wildman–Crippen LogP) is 1.79. The van der Waals surface area contributed by atoms with Crippen molar-refractivity contribution < 1.29 is 9.90 Å². The number of H-pyrrole nitrogens is 1. The summed E-state index contributed by atoms with van der Waals surface area (Å²) in [6.07, 6.45) is 2.43. The standard InChI is InChI=1S/C18H19ClN6O2/c1-11(26)16-9-17(25-24-16)18(27)23-7-6-22-5-4-15(21)12-2-3-13(10-20)14(19)8-12/h2-5,8-9,11,26H,6-7,21H2,1H3,(H,23,27)(H,24,25). The van der Waals surface area contributed by atoms with Crippen molar-refractivity contribution in [3.8, 4) is 6.07 Å². The van der Waals surface area contributed by atoms with Crippen LogP contribution in [0.4, 0.5) is 0 Å². The van der Waals surface area contributed by atoms with Crippen molar-refractivity contribution in [3.05, 3.63) is 57.9 Å². The number of aliphatic hydroxyl groups is 1. The van der Waals surface area contributed by atoms with Crippen molar-refractivity contribution in [1.29, 1.82) is 5.26 Å². The molecule has 1 amide bonds. The molecule has 9 heteroatoms. The van der Waals surface area contributed by atoms with E-state index in [2.05, 4.69) is 20.5 Å². The van der Waals surface area contributed by atoms with Gasteiger partial charge in [-0.15, -0.1) is 0 Å². The molecule has 0 radical (unpaired) electrons. The van der Waals surface area contributed by atoms with E-state index in [-0.39, 0.29) is 11.6 Å². The zero-order chi connectivity index (χ0) is 19.8. The van der Waals surface area contributed by atoms with Gasteiger partial charge < -0.3 is 16.2 Å². The SMILES string of the molecule is CC(O)c1cc(C(=O)NCCN=CC=C(N)c2ccc(C#N)c(Cl)c2)n[nH]1. The van der Waals surface area contributed by atoms with Crippen molar-refractivity contribution in [1.82, 2.24) is 15.5 Å². The fourth-order valence-electron chi connectivity index (χ4n) is 2.08. The third-order valence-corrected chi connectivity index (χ3v) is 3.90. The molecule has 1 atom stereocenters. The van der Waals surface area contributed by atoms with Gasteiger partial charge in [-0.1, -0.05) is 17.7 Å². The molecule has 0 saturated carbocycles. The number of amides is 1. The van der Waals surface area contributed by atoms with Gasteiger partial charge in [0.15, 0.2) is 0 Å². The average Bonchev–Trinajstić information content (AvgIpc) is 3.14. The summed E-state index contributed by atoms with van der Waals surface area (Å²) in [5, 5.41) is 27.7. The molecule has 1 heterocycles. The minimum absolute atomic E-state index is 0.205. The van der Waals surface area contributed by atoms with Gasteiger partial charge in [0, 0.05) is 18.5 Å². The molecule has 5 N–H and O–H groups in total. The number of allylic oxidation sites excluding steroid dienone is 1. The van der Waals surface area contributed by atoms with Crippen molar-refractivity contribution >= 4 is 29.4 Å². The summed E-state index contributed by atoms with van der Waals surface area (Å²) < 4.78 is 0. The number of carbonyl (C=O) groups excluding carboxylic acids is 1. The van der Waals surface area contributed by atoms with Crippen LogP contribution in [-0.2, 0) is 0 Å². The Labute approximate surface area is 161 Å². The molecule has 8 nitrogen and oxygen atoms in total. The predicted molar refractivity (Wildman–Crippen MR) is 103 cm³/mol. The van der Waals surface area contributed by atoms with Gasteiger partial charge in [-0.3, -0.25) is 14.9 Å². The third kappa shape index (κ3) is 5.67. The topological polar surface area (TPSA) is 140 Å². The number of hydrogen-bond donors (Lipinski definition) is 4. The highest BCUT2D eigenvalue weighted by molar-refractivity contribution is 6.31. The van der Waals surface area contributed by atoms with Crippen LogP contribution in [0.3, 0.4) is 0 Å². The maximum atomic E-state index is 11.9. The number of halogens is 1. The van der Waals surface area contributed by atoms with Crippen molar-refractivity contribution in [2.45, 2.75) is 13.0 Å². The second kappa shape index (κ2) is 9.52. The molecular weight excluding hydrogens is 368 g/mol. The highest BCUT2D eigenvalue weighted by atomic mass is 35.5. The Balaban J connectivity index is 1.81. The first kappa shape index (κ1) is 20.2. The molecule has 2 aromatic rings. The molecule has 1 unspecified atom stereocenters. The van der Waals surface area contributed by atoms with Crippen LogP contribution in [0.5, 0.6) is 0 Å². The van der Waals surface area contributed by atoms with Crippen LogP contribution in [-0.4, -0.2) is 40.5 Å². The number of rotatable bonds is 7. The van der Waals surface area contributed by atoms with E-state index in [0.29, 0.717) is 40.6 Å². The summed E-state index contributed by atoms with van der Waals surface area (Å²) in [6, 6.07) is 8.40. The highest BCUT2D eigenvalue weighted by Crippen LogP contribution is 2.19. The van der Waals surface area contributed by atoms with Gasteiger partial charge in [-0.05, 0) is 36.8 Å². The van der Waals surface area contributed by atoms with E-state index in [1.807, 2.05) is 6.07 Å². The molecule has 1 aromatic heterocycles. The lowest BCUT2D eigenvalue weighted by Crippen LogP contribution is -2.26. The van der Waals surface area contributed by atoms with E-state index in [0.717, 1.165) is 0 Å². The van der Waals surface area contributed by atoms with Gasteiger partial charge in [0.25, 0.3) is 5.91 Å². The molecule has 0 saturated heterocycles. The van der Waals surface area contributed by atoms with Crippen LogP contribution in [0.15, 0.2) is 35.3 Å². The van der Waals surface area contributed by atoms with Gasteiger partial charge in [-0.25, -0.2) is 0 Å². The number of nitrogens with two attached hydrogens (primary N) is 1. The summed E-state index contributed by atoms with van der Waals surface area (Å²) >= 11 is 5.97. The molecule has 140 valence electrons. The average molecular weight is 387 g/mol. The number of hydrogen-bond acceptors (Lipinski definition) is 6. The van der Waals surface area contributed by atoms with Crippen LogP contribution < -0.4 is 11.1 Å². The lowest BCUT2D eigenvalue weighted by Gasteiger charge is -2.02. The fourth-order valence-corrected chi connectivity index (χ4v) is 2.30. The number of aliphatic imine (C=N–C) groups is 1. The van der Waals surface area contributed by atoms with E-state index < -0.39 is 6.10 Å². The minimum atomic E-state index is -0.716. The van der Waals surface area contributed by atoms with Gasteiger partial charge >= 0.3 is 0 Å². The largest absolute Gasteiger partial charge is 0.398 e. The zero-order valence-electron chi connectivity index (χ0n) is 14.6. The Morgan fingerprint density at radius 1 is 1.56 bits per heavy atom. The van der Waals surface area contributed by atoms with Crippen LogP contribution in [0.2, 0.25) is 5.02 Å². The van der Waals surface area contributed by atoms with Crippen molar-refractivity contribution in [3.63, 3.8) is 0 Å². The molecule has 0 aliphatic heterocycles. The first-order valence-corrected chi connectivity index (χ1v) is 8.47. The number of benzene rings is 1. The summed E-state index contributed by atoms with van der Waals surface area (Å²) in [4.78, 5) is 16.0. The molecule has 1 aromatic carbocycles. The Bertz CT molecular complexity index is 911. The quantitative estimate of drug-likeness (QED) is 0.424. The highest BCUT2D eigenvalue weighted by Gasteiger charge is 2.11. The van der Waals surface area contributed by atoms with Crippen molar-refractivity contribution in [2.75, 3.05) is 13.1 Å². The normalized spacial score (nSPS) is 12.7. The van der Waals surface area contributed by atoms with E-state index in [4.69, 9.17) is 22.6 Å². The second-order valence-corrected chi connectivity index (χ2v) is 6.03. The number of aliphatic hydroxyl groups excluding tert-OH is 1. The second-order valence-electron chi connectivity index (χ2n) is 5.62. The van der Waals surface area contributed by atoms with Crippen LogP contribution in [0, 0.1) is 11.3 Å². The van der Waals surface area contributed by atoms with Crippen molar-refractivity contribution in [2.24, 2.45) is 10.7 Å². The van der Waals surface area contributed by atoms with Gasteiger partial charge in [0.1, 0.15) is 11.8 Å². The van der Waals surface area contributed by atoms with E-state index in [1.165, 1.54) is 12.3 Å². The molecule has 27 heavy (non-hydrogen) atoms. The number of carbonyl (C=O) groups is 1. The lowest BCUT2D eigenvalue weighted by molar-refractivity contribution is 0.0950. The number of aromatic nitrogens is 2. The zero-order valence-corrected chi connectivity index (χ0v) is 15.4. The summed E-state index contributed by atoms with van der Waals surface area (Å²) in [6.45, 7) is 2.26. The fraction of sp³-hybridized carbons (Fsp3) is 0.222. The molecule has 0 spiro atoms. The summed E-state index contributed by atoms with van der Waals surface area (Å²) in [7, 11) is 0. The Morgan fingerprint density at radius 3 is 2.96 bits per heavy atom. The van der Waals surface area contributed by atoms with E-state index in [1.54, 1.807) is 31.2 Å². The number of nitrogens with zero attached hydrogens (tertiary/aromatic N) is 3. The Morgan fingerprint density at radius 2 is 2.33 bits per heavy atom. The van der Waals surface area contributed by atoms with Gasteiger partial charge in [0.05, 0.1) is 28.9 Å². The summed E-state index contributed by atoms with van der Waals surface area (Å²) in [5.74, 6) is -0.351. The summed E-state index contributed by atoms with van der Waals surface area (Å²) in [5.41, 5.74) is 8.15. The smallest absolute Gasteiger partial charge is 0.271 e. The molecular formula is C18H19ClN6O2. The third-order valence-electron chi connectivity index (χ3n) is 3.59. The first-order chi connectivity index (χ1) is 12.9. The molecule has 0 aliphatic carbocycles.